The van der Waals surface area contributed by atoms with Gasteiger partial charge in [-0.2, -0.15) is 0 Å². The van der Waals surface area contributed by atoms with E-state index in [4.69, 9.17) is 0 Å². The first-order valence-electron chi connectivity index (χ1n) is 11.9. The highest BCUT2D eigenvalue weighted by atomic mass is 28.3. The topological polar surface area (TPSA) is 0 Å². The third-order valence-corrected chi connectivity index (χ3v) is 12.0. The van der Waals surface area contributed by atoms with E-state index in [-0.39, 0.29) is 0 Å². The predicted octanol–water partition coefficient (Wildman–Crippen LogP) is 6.54. The molecule has 162 valence electrons. The molecule has 1 aliphatic heterocycles. The molecule has 0 saturated heterocycles. The second-order valence-corrected chi connectivity index (χ2v) is 12.8. The molecule has 0 nitrogen and oxygen atoms in total. The van der Waals surface area contributed by atoms with Gasteiger partial charge >= 0.3 is 0 Å². The van der Waals surface area contributed by atoms with Crippen molar-refractivity contribution in [2.75, 3.05) is 0 Å². The summed E-state index contributed by atoms with van der Waals surface area (Å²) in [5, 5.41) is 4.43. The van der Waals surface area contributed by atoms with Gasteiger partial charge in [-0.15, -0.1) is 0 Å². The Hall–Kier alpha value is -3.94. The molecule has 0 spiro atoms. The molecular weight excluding hydrogens is 424 g/mol. The van der Waals surface area contributed by atoms with Gasteiger partial charge in [0, 0.05) is 0 Å². The molecule has 0 bridgehead atoms. The maximum absolute atomic E-state index is 2.42. The van der Waals surface area contributed by atoms with Gasteiger partial charge in [0.25, 0.3) is 0 Å². The van der Waals surface area contributed by atoms with Gasteiger partial charge in [-0.1, -0.05) is 146 Å². The van der Waals surface area contributed by atoms with E-state index in [9.17, 15) is 0 Å². The van der Waals surface area contributed by atoms with Crippen molar-refractivity contribution in [3.05, 3.63) is 168 Å². The van der Waals surface area contributed by atoms with Gasteiger partial charge in [0.2, 0.25) is 0 Å². The molecular formula is C33H26Si. The molecule has 0 aromatic heterocycles. The summed E-state index contributed by atoms with van der Waals surface area (Å²) in [6.07, 6.45) is 0. The van der Waals surface area contributed by atoms with Gasteiger partial charge in [0.15, 0.2) is 8.07 Å². The van der Waals surface area contributed by atoms with Crippen LogP contribution in [0.2, 0.25) is 0 Å². The van der Waals surface area contributed by atoms with E-state index in [0.29, 0.717) is 0 Å². The second-order valence-electron chi connectivity index (χ2n) is 8.95. The van der Waals surface area contributed by atoms with Crippen molar-refractivity contribution in [2.45, 2.75) is 6.04 Å². The lowest BCUT2D eigenvalue weighted by Gasteiger charge is -2.42. The van der Waals surface area contributed by atoms with Crippen LogP contribution < -0.4 is 10.4 Å². The third kappa shape index (κ3) is 3.37. The zero-order valence-electron chi connectivity index (χ0n) is 19.1. The van der Waals surface area contributed by atoms with Crippen LogP contribution in [0.15, 0.2) is 146 Å². The highest BCUT2D eigenvalue weighted by Crippen LogP contribution is 2.44. The molecule has 6 rings (SSSR count). The van der Waals surface area contributed by atoms with Crippen LogP contribution in [0.4, 0.5) is 0 Å². The molecule has 5 aromatic carbocycles. The van der Waals surface area contributed by atoms with Crippen molar-refractivity contribution in [3.63, 3.8) is 0 Å². The number of rotatable bonds is 4. The summed E-state index contributed by atoms with van der Waals surface area (Å²) in [5.41, 5.74) is 6.81. The van der Waals surface area contributed by atoms with Crippen LogP contribution in [0, 0.1) is 0 Å². The van der Waals surface area contributed by atoms with E-state index < -0.39 is 8.07 Å². The van der Waals surface area contributed by atoms with E-state index in [1.165, 1.54) is 43.4 Å². The molecule has 1 aliphatic rings. The van der Waals surface area contributed by atoms with Crippen LogP contribution in [0.1, 0.15) is 22.3 Å². The van der Waals surface area contributed by atoms with Gasteiger partial charge in [0.1, 0.15) is 0 Å². The summed E-state index contributed by atoms with van der Waals surface area (Å²) < 4.78 is 0. The van der Waals surface area contributed by atoms with Gasteiger partial charge in [-0.25, -0.2) is 0 Å². The molecule has 34 heavy (non-hydrogen) atoms. The number of benzene rings is 5. The van der Waals surface area contributed by atoms with Crippen LogP contribution in [-0.4, -0.2) is 8.07 Å². The minimum absolute atomic E-state index is 1.05. The average molecular weight is 451 g/mol. The number of hydrogen-bond donors (Lipinski definition) is 0. The molecule has 5 aromatic rings. The first-order chi connectivity index (χ1) is 16.9. The predicted molar refractivity (Wildman–Crippen MR) is 147 cm³/mol. The van der Waals surface area contributed by atoms with Crippen molar-refractivity contribution in [1.82, 2.24) is 0 Å². The SMILES string of the molecule is c1ccc(C2=C(c3ccccc3)[Si](c3ccccc3)(c3ccccc3)Cc3ccccc32)cc1. The first kappa shape index (κ1) is 20.6. The van der Waals surface area contributed by atoms with Gasteiger partial charge in [-0.05, 0) is 49.4 Å². The zero-order chi connectivity index (χ0) is 22.8. The normalized spacial score (nSPS) is 14.5. The summed E-state index contributed by atoms with van der Waals surface area (Å²) in [5.74, 6) is 0. The lowest BCUT2D eigenvalue weighted by molar-refractivity contribution is 1.30. The maximum atomic E-state index is 2.36. The van der Waals surface area contributed by atoms with Crippen molar-refractivity contribution in [1.29, 1.82) is 0 Å². The van der Waals surface area contributed by atoms with Gasteiger partial charge in [0.05, 0.1) is 0 Å². The Morgan fingerprint density at radius 1 is 0.412 bits per heavy atom. The van der Waals surface area contributed by atoms with E-state index >= 15 is 0 Å². The lowest BCUT2D eigenvalue weighted by atomic mass is 9.92. The highest BCUT2D eigenvalue weighted by molar-refractivity contribution is 7.15. The Balaban J connectivity index is 1.83. The van der Waals surface area contributed by atoms with E-state index in [0.717, 1.165) is 6.04 Å². The largest absolute Gasteiger partial charge is 0.154 e. The quantitative estimate of drug-likeness (QED) is 0.273. The van der Waals surface area contributed by atoms with Gasteiger partial charge < -0.3 is 0 Å². The molecule has 1 heteroatoms. The minimum atomic E-state index is -2.42. The Labute approximate surface area is 202 Å². The Bertz CT molecular complexity index is 1400. The average Bonchev–Trinajstić information content (AvgIpc) is 2.94. The standard InChI is InChI=1S/C33H26Si/c1-5-15-26(16-6-1)32-31-24-14-13-19-28(31)25-34(29-20-9-3-10-21-29,30-22-11-4-12-23-30)33(32)27-17-7-2-8-18-27/h1-24H,25H2. The molecule has 0 amide bonds. The van der Waals surface area contributed by atoms with Crippen LogP contribution in [0.25, 0.3) is 10.8 Å². The summed E-state index contributed by atoms with van der Waals surface area (Å²) in [6.45, 7) is 0. The van der Waals surface area contributed by atoms with Crippen LogP contribution in [0.5, 0.6) is 0 Å². The first-order valence-corrected chi connectivity index (χ1v) is 14.1. The van der Waals surface area contributed by atoms with Crippen LogP contribution in [-0.2, 0) is 6.04 Å². The zero-order valence-corrected chi connectivity index (χ0v) is 20.1. The molecule has 0 atom stereocenters. The van der Waals surface area contributed by atoms with Gasteiger partial charge in [-0.3, -0.25) is 0 Å². The third-order valence-electron chi connectivity index (χ3n) is 7.08. The number of fused-ring (bicyclic) bond motifs is 1. The fraction of sp³-hybridized carbons (Fsp3) is 0.0303. The van der Waals surface area contributed by atoms with Crippen molar-refractivity contribution in [3.8, 4) is 0 Å². The second kappa shape index (κ2) is 8.77. The fourth-order valence-electron chi connectivity index (χ4n) is 5.65. The smallest absolute Gasteiger partial charge is 0.0624 e. The van der Waals surface area contributed by atoms with Crippen LogP contribution in [0.3, 0.4) is 0 Å². The highest BCUT2D eigenvalue weighted by Gasteiger charge is 2.46. The molecule has 0 radical (unpaired) electrons. The van der Waals surface area contributed by atoms with Crippen molar-refractivity contribution in [2.24, 2.45) is 0 Å². The fourth-order valence-corrected chi connectivity index (χ4v) is 10.9. The summed E-state index contributed by atoms with van der Waals surface area (Å²) in [6, 6.07) is 54.7. The summed E-state index contributed by atoms with van der Waals surface area (Å²) >= 11 is 0. The van der Waals surface area contributed by atoms with Crippen LogP contribution >= 0.6 is 0 Å². The summed E-state index contributed by atoms with van der Waals surface area (Å²) in [7, 11) is -2.42. The van der Waals surface area contributed by atoms with Crippen molar-refractivity contribution < 1.29 is 0 Å². The minimum Gasteiger partial charge on any atom is -0.0624 e. The number of hydrogen-bond acceptors (Lipinski definition) is 0. The molecule has 1 heterocycles. The Morgan fingerprint density at radius 3 is 1.41 bits per heavy atom. The Morgan fingerprint density at radius 2 is 0.853 bits per heavy atom. The van der Waals surface area contributed by atoms with E-state index in [1.807, 2.05) is 0 Å². The molecule has 0 aliphatic carbocycles. The maximum Gasteiger partial charge on any atom is 0.154 e. The monoisotopic (exact) mass is 450 g/mol. The molecule has 0 N–H and O–H groups in total. The van der Waals surface area contributed by atoms with E-state index in [1.54, 1.807) is 0 Å². The van der Waals surface area contributed by atoms with E-state index in [2.05, 4.69) is 146 Å². The lowest BCUT2D eigenvalue weighted by Crippen LogP contribution is -2.62. The molecule has 0 fully saturated rings. The van der Waals surface area contributed by atoms with Crippen molar-refractivity contribution >= 4 is 29.2 Å². The Kier molecular flexibility index (Phi) is 5.33. The summed E-state index contributed by atoms with van der Waals surface area (Å²) in [4.78, 5) is 0. The molecule has 0 saturated carbocycles. The molecule has 0 unspecified atom stereocenters.